The van der Waals surface area contributed by atoms with Gasteiger partial charge in [-0.2, -0.15) is 0 Å². The van der Waals surface area contributed by atoms with Crippen molar-refractivity contribution in [2.45, 2.75) is 19.3 Å². The predicted octanol–water partition coefficient (Wildman–Crippen LogP) is 2.08. The highest BCUT2D eigenvalue weighted by atomic mass is 19.1. The first-order chi connectivity index (χ1) is 9.29. The second kappa shape index (κ2) is 7.46. The fraction of sp³-hybridized carbons (Fsp3) is 0.600. The summed E-state index contributed by atoms with van der Waals surface area (Å²) < 4.78 is 12.9. The summed E-state index contributed by atoms with van der Waals surface area (Å²) in [5.41, 5.74) is 6.62. The first kappa shape index (κ1) is 14.3. The van der Waals surface area contributed by atoms with Crippen LogP contribution in [0, 0.1) is 5.82 Å². The van der Waals surface area contributed by atoms with Gasteiger partial charge in [0.05, 0.1) is 0 Å². The van der Waals surface area contributed by atoms with Crippen molar-refractivity contribution in [3.8, 4) is 0 Å². The lowest BCUT2D eigenvalue weighted by Crippen LogP contribution is -2.46. The van der Waals surface area contributed by atoms with Crippen LogP contribution in [0.25, 0.3) is 0 Å². The molecule has 0 aliphatic carbocycles. The van der Waals surface area contributed by atoms with Gasteiger partial charge in [0.1, 0.15) is 5.82 Å². The smallest absolute Gasteiger partial charge is 0.123 e. The Morgan fingerprint density at radius 2 is 1.63 bits per heavy atom. The summed E-state index contributed by atoms with van der Waals surface area (Å²) in [7, 11) is 0. The van der Waals surface area contributed by atoms with Gasteiger partial charge >= 0.3 is 0 Å². The molecule has 0 amide bonds. The fourth-order valence-corrected chi connectivity index (χ4v) is 2.54. The standard InChI is InChI=1S/C15H24FN3/c16-14-4-6-15(7-5-14)19-12-10-18(11-13-19)9-3-1-2-8-17/h4-7H,1-3,8-13,17H2. The number of hydrogen-bond acceptors (Lipinski definition) is 3. The third-order valence-corrected chi connectivity index (χ3v) is 3.74. The van der Waals surface area contributed by atoms with E-state index in [1.54, 1.807) is 0 Å². The van der Waals surface area contributed by atoms with E-state index < -0.39 is 0 Å². The predicted molar refractivity (Wildman–Crippen MR) is 78.0 cm³/mol. The Bertz CT molecular complexity index is 358. The largest absolute Gasteiger partial charge is 0.369 e. The molecule has 1 heterocycles. The van der Waals surface area contributed by atoms with Crippen molar-refractivity contribution >= 4 is 5.69 Å². The van der Waals surface area contributed by atoms with Gasteiger partial charge in [-0.3, -0.25) is 4.90 Å². The number of hydrogen-bond donors (Lipinski definition) is 1. The molecule has 1 aliphatic rings. The molecule has 0 radical (unpaired) electrons. The monoisotopic (exact) mass is 265 g/mol. The molecule has 0 unspecified atom stereocenters. The van der Waals surface area contributed by atoms with Gasteiger partial charge in [0.15, 0.2) is 0 Å². The van der Waals surface area contributed by atoms with E-state index in [-0.39, 0.29) is 5.82 Å². The van der Waals surface area contributed by atoms with Crippen LogP contribution in [0.2, 0.25) is 0 Å². The summed E-state index contributed by atoms with van der Waals surface area (Å²) in [5, 5.41) is 0. The number of piperazine rings is 1. The Kier molecular flexibility index (Phi) is 5.61. The molecule has 4 heteroatoms. The third kappa shape index (κ3) is 4.48. The molecule has 0 atom stereocenters. The van der Waals surface area contributed by atoms with E-state index in [0.717, 1.165) is 44.8 Å². The van der Waals surface area contributed by atoms with Crippen LogP contribution in [0.5, 0.6) is 0 Å². The highest BCUT2D eigenvalue weighted by molar-refractivity contribution is 5.46. The lowest BCUT2D eigenvalue weighted by Gasteiger charge is -2.36. The lowest BCUT2D eigenvalue weighted by atomic mass is 10.2. The number of benzene rings is 1. The van der Waals surface area contributed by atoms with E-state index in [9.17, 15) is 4.39 Å². The van der Waals surface area contributed by atoms with E-state index in [1.165, 1.54) is 31.5 Å². The molecular weight excluding hydrogens is 241 g/mol. The number of anilines is 1. The van der Waals surface area contributed by atoms with E-state index in [1.807, 2.05) is 12.1 Å². The van der Waals surface area contributed by atoms with Gasteiger partial charge < -0.3 is 10.6 Å². The summed E-state index contributed by atoms with van der Waals surface area (Å²) >= 11 is 0. The summed E-state index contributed by atoms with van der Waals surface area (Å²) in [5.74, 6) is -0.165. The maximum Gasteiger partial charge on any atom is 0.123 e. The van der Waals surface area contributed by atoms with Crippen LogP contribution >= 0.6 is 0 Å². The molecule has 1 fully saturated rings. The molecule has 3 nitrogen and oxygen atoms in total. The van der Waals surface area contributed by atoms with Gasteiger partial charge in [0, 0.05) is 31.9 Å². The maximum absolute atomic E-state index is 12.9. The Morgan fingerprint density at radius 3 is 2.26 bits per heavy atom. The molecule has 2 rings (SSSR count). The molecule has 19 heavy (non-hydrogen) atoms. The molecular formula is C15H24FN3. The van der Waals surface area contributed by atoms with Crippen LogP contribution in [0.4, 0.5) is 10.1 Å². The minimum Gasteiger partial charge on any atom is -0.369 e. The Labute approximate surface area is 115 Å². The second-order valence-corrected chi connectivity index (χ2v) is 5.15. The minimum absolute atomic E-state index is 0.165. The van der Waals surface area contributed by atoms with E-state index in [0.29, 0.717) is 0 Å². The summed E-state index contributed by atoms with van der Waals surface area (Å²) in [4.78, 5) is 4.84. The number of rotatable bonds is 6. The van der Waals surface area contributed by atoms with Crippen LogP contribution < -0.4 is 10.6 Å². The lowest BCUT2D eigenvalue weighted by molar-refractivity contribution is 0.252. The molecule has 0 spiro atoms. The maximum atomic E-state index is 12.9. The zero-order valence-electron chi connectivity index (χ0n) is 11.5. The Balaban J connectivity index is 1.71. The zero-order chi connectivity index (χ0) is 13.5. The molecule has 1 aromatic rings. The SMILES string of the molecule is NCCCCCN1CCN(c2ccc(F)cc2)CC1. The van der Waals surface area contributed by atoms with E-state index in [2.05, 4.69) is 9.80 Å². The molecule has 0 saturated carbocycles. The minimum atomic E-state index is -0.165. The van der Waals surface area contributed by atoms with Gasteiger partial charge in [-0.25, -0.2) is 4.39 Å². The van der Waals surface area contributed by atoms with Crippen molar-refractivity contribution < 1.29 is 4.39 Å². The number of halogens is 1. The number of nitrogens with two attached hydrogens (primary N) is 1. The average molecular weight is 265 g/mol. The van der Waals surface area contributed by atoms with Gasteiger partial charge in [-0.1, -0.05) is 6.42 Å². The van der Waals surface area contributed by atoms with Gasteiger partial charge in [-0.15, -0.1) is 0 Å². The van der Waals surface area contributed by atoms with Crippen molar-refractivity contribution in [1.82, 2.24) is 4.90 Å². The number of nitrogens with zero attached hydrogens (tertiary/aromatic N) is 2. The fourth-order valence-electron chi connectivity index (χ4n) is 2.54. The van der Waals surface area contributed by atoms with Crippen LogP contribution in [-0.4, -0.2) is 44.2 Å². The highest BCUT2D eigenvalue weighted by Gasteiger charge is 2.16. The molecule has 106 valence electrons. The van der Waals surface area contributed by atoms with Crippen LogP contribution in [0.15, 0.2) is 24.3 Å². The summed E-state index contributed by atoms with van der Waals surface area (Å²) in [6, 6.07) is 6.81. The van der Waals surface area contributed by atoms with Crippen molar-refractivity contribution in [2.75, 3.05) is 44.2 Å². The molecule has 1 aliphatic heterocycles. The Hall–Kier alpha value is -1.13. The molecule has 1 saturated heterocycles. The van der Waals surface area contributed by atoms with Gasteiger partial charge in [0.2, 0.25) is 0 Å². The van der Waals surface area contributed by atoms with E-state index >= 15 is 0 Å². The van der Waals surface area contributed by atoms with Crippen molar-refractivity contribution in [1.29, 1.82) is 0 Å². The highest BCUT2D eigenvalue weighted by Crippen LogP contribution is 2.17. The van der Waals surface area contributed by atoms with Crippen LogP contribution in [0.1, 0.15) is 19.3 Å². The first-order valence-corrected chi connectivity index (χ1v) is 7.22. The topological polar surface area (TPSA) is 32.5 Å². The normalized spacial score (nSPS) is 16.8. The quantitative estimate of drug-likeness (QED) is 0.799. The van der Waals surface area contributed by atoms with Crippen molar-refractivity contribution in [3.05, 3.63) is 30.1 Å². The second-order valence-electron chi connectivity index (χ2n) is 5.15. The van der Waals surface area contributed by atoms with Crippen molar-refractivity contribution in [3.63, 3.8) is 0 Å². The molecule has 0 bridgehead atoms. The first-order valence-electron chi connectivity index (χ1n) is 7.22. The van der Waals surface area contributed by atoms with Crippen LogP contribution in [0.3, 0.4) is 0 Å². The number of unbranched alkanes of at least 4 members (excludes halogenated alkanes) is 2. The summed E-state index contributed by atoms with van der Waals surface area (Å²) in [6.45, 7) is 6.24. The Morgan fingerprint density at radius 1 is 0.947 bits per heavy atom. The van der Waals surface area contributed by atoms with Crippen molar-refractivity contribution in [2.24, 2.45) is 5.73 Å². The molecule has 2 N–H and O–H groups in total. The van der Waals surface area contributed by atoms with E-state index in [4.69, 9.17) is 5.73 Å². The average Bonchev–Trinajstić information content (AvgIpc) is 2.45. The van der Waals surface area contributed by atoms with Gasteiger partial charge in [0.25, 0.3) is 0 Å². The summed E-state index contributed by atoms with van der Waals surface area (Å²) in [6.07, 6.45) is 3.61. The van der Waals surface area contributed by atoms with Crippen LogP contribution in [-0.2, 0) is 0 Å². The molecule has 0 aromatic heterocycles. The molecule has 1 aromatic carbocycles. The third-order valence-electron chi connectivity index (χ3n) is 3.74. The van der Waals surface area contributed by atoms with Gasteiger partial charge in [-0.05, 0) is 50.2 Å². The zero-order valence-corrected chi connectivity index (χ0v) is 11.5.